The zero-order chi connectivity index (χ0) is 28.6. The van der Waals surface area contributed by atoms with Crippen molar-refractivity contribution in [2.45, 2.75) is 57.1 Å². The van der Waals surface area contributed by atoms with E-state index in [1.807, 2.05) is 6.07 Å². The van der Waals surface area contributed by atoms with Crippen LogP contribution in [0.15, 0.2) is 54.6 Å². The Labute approximate surface area is 225 Å². The van der Waals surface area contributed by atoms with E-state index in [0.717, 1.165) is 5.56 Å². The molecule has 0 aliphatic carbocycles. The Balaban J connectivity index is 1.70. The van der Waals surface area contributed by atoms with Crippen molar-refractivity contribution < 1.29 is 52.7 Å². The highest BCUT2D eigenvalue weighted by Gasteiger charge is 2.45. The molecule has 5 N–H and O–H groups in total. The van der Waals surface area contributed by atoms with Crippen LogP contribution in [-0.2, 0) is 34.8 Å². The van der Waals surface area contributed by atoms with Gasteiger partial charge in [0.05, 0.1) is 13.7 Å². The summed E-state index contributed by atoms with van der Waals surface area (Å²) in [6, 6.07) is 12.6. The predicted molar refractivity (Wildman–Crippen MR) is 137 cm³/mol. The second kappa shape index (κ2) is 13.9. The smallest absolute Gasteiger partial charge is 0.459 e. The van der Waals surface area contributed by atoms with E-state index < -0.39 is 62.9 Å². The SMILES string of the molecule is COc1ccc(OP(=O)(N[C@H](C)C(=O)OCc2ccccc2)OC[C@H]2OC(O)[C@H](NC(C)=O)[C@@H](O)[C@@H]2O)cc1. The number of amides is 1. The van der Waals surface area contributed by atoms with E-state index >= 15 is 0 Å². The monoisotopic (exact) mass is 568 g/mol. The van der Waals surface area contributed by atoms with Gasteiger partial charge in [-0.3, -0.25) is 14.1 Å². The molecule has 1 aliphatic heterocycles. The lowest BCUT2D eigenvalue weighted by molar-refractivity contribution is -0.252. The fourth-order valence-corrected chi connectivity index (χ4v) is 5.16. The number of methoxy groups -OCH3 is 1. The standard InChI is InChI=1S/C25H33N2O11P/c1-15(24(31)35-13-17-7-5-4-6-8-17)27-39(33,38-19-11-9-18(34-3)10-12-19)36-14-20-22(29)23(30)21(25(32)37-20)26-16(2)28/h4-12,15,20-23,25,29-30,32H,13-14H2,1-3H3,(H,26,28)(H,27,33)/t15-,20-,21-,22-,23-,25?,39?/m1/s1. The molecule has 1 amide bonds. The van der Waals surface area contributed by atoms with Gasteiger partial charge in [-0.15, -0.1) is 0 Å². The van der Waals surface area contributed by atoms with Gasteiger partial charge in [-0.05, 0) is 36.8 Å². The number of benzene rings is 2. The first-order chi connectivity index (χ1) is 18.5. The molecule has 7 atom stereocenters. The van der Waals surface area contributed by atoms with Gasteiger partial charge < -0.3 is 39.4 Å². The number of nitrogens with one attached hydrogen (secondary N) is 2. The van der Waals surface area contributed by atoms with Crippen LogP contribution in [0.1, 0.15) is 19.4 Å². The first-order valence-corrected chi connectivity index (χ1v) is 13.6. The Morgan fingerprint density at radius 3 is 2.28 bits per heavy atom. The molecule has 0 spiro atoms. The van der Waals surface area contributed by atoms with Crippen LogP contribution < -0.4 is 19.7 Å². The molecule has 0 bridgehead atoms. The lowest BCUT2D eigenvalue weighted by atomic mass is 9.97. The molecule has 0 radical (unpaired) electrons. The molecule has 39 heavy (non-hydrogen) atoms. The van der Waals surface area contributed by atoms with Crippen molar-refractivity contribution in [3.8, 4) is 11.5 Å². The molecule has 2 aromatic carbocycles. The quantitative estimate of drug-likeness (QED) is 0.180. The van der Waals surface area contributed by atoms with E-state index in [1.54, 1.807) is 36.4 Å². The van der Waals surface area contributed by atoms with Gasteiger partial charge in [0, 0.05) is 6.92 Å². The van der Waals surface area contributed by atoms with E-state index in [4.69, 9.17) is 23.3 Å². The number of esters is 1. The van der Waals surface area contributed by atoms with Gasteiger partial charge in [-0.2, -0.15) is 5.09 Å². The minimum Gasteiger partial charge on any atom is -0.497 e. The maximum absolute atomic E-state index is 13.7. The highest BCUT2D eigenvalue weighted by Crippen LogP contribution is 2.45. The van der Waals surface area contributed by atoms with Gasteiger partial charge in [0.2, 0.25) is 5.91 Å². The van der Waals surface area contributed by atoms with Crippen molar-refractivity contribution in [1.29, 1.82) is 0 Å². The number of aliphatic hydroxyl groups is 3. The van der Waals surface area contributed by atoms with Gasteiger partial charge >= 0.3 is 13.7 Å². The number of ether oxygens (including phenoxy) is 3. The Morgan fingerprint density at radius 2 is 1.67 bits per heavy atom. The average Bonchev–Trinajstić information content (AvgIpc) is 2.91. The van der Waals surface area contributed by atoms with Crippen molar-refractivity contribution >= 4 is 19.6 Å². The van der Waals surface area contributed by atoms with E-state index in [-0.39, 0.29) is 12.4 Å². The van der Waals surface area contributed by atoms with Crippen LogP contribution in [0.3, 0.4) is 0 Å². The number of hydrogen-bond donors (Lipinski definition) is 5. The zero-order valence-corrected chi connectivity index (χ0v) is 22.5. The first kappa shape index (κ1) is 30.5. The van der Waals surface area contributed by atoms with E-state index in [9.17, 15) is 29.5 Å². The first-order valence-electron chi connectivity index (χ1n) is 12.0. The van der Waals surface area contributed by atoms with Crippen LogP contribution in [0.2, 0.25) is 0 Å². The van der Waals surface area contributed by atoms with Crippen LogP contribution in [0.4, 0.5) is 0 Å². The number of aliphatic hydroxyl groups excluding tert-OH is 3. The summed E-state index contributed by atoms with van der Waals surface area (Å²) in [7, 11) is -2.88. The van der Waals surface area contributed by atoms with Crippen LogP contribution >= 0.6 is 7.75 Å². The van der Waals surface area contributed by atoms with Crippen LogP contribution in [-0.4, -0.2) is 77.6 Å². The third kappa shape index (κ3) is 8.73. The highest BCUT2D eigenvalue weighted by atomic mass is 31.2. The zero-order valence-electron chi connectivity index (χ0n) is 21.6. The largest absolute Gasteiger partial charge is 0.497 e. The van der Waals surface area contributed by atoms with Crippen molar-refractivity contribution in [2.24, 2.45) is 0 Å². The number of carbonyl (C=O) groups is 2. The van der Waals surface area contributed by atoms with Gasteiger partial charge in [0.25, 0.3) is 0 Å². The molecule has 0 saturated carbocycles. The molecule has 13 nitrogen and oxygen atoms in total. The van der Waals surface area contributed by atoms with Gasteiger partial charge in [0.15, 0.2) is 6.29 Å². The summed E-state index contributed by atoms with van der Waals surface area (Å²) in [6.07, 6.45) is -6.31. The normalized spacial score (nSPS) is 25.1. The van der Waals surface area contributed by atoms with E-state index in [2.05, 4.69) is 10.4 Å². The maximum atomic E-state index is 13.7. The Kier molecular flexibility index (Phi) is 10.8. The van der Waals surface area contributed by atoms with Crippen LogP contribution in [0.25, 0.3) is 0 Å². The molecule has 0 aromatic heterocycles. The topological polar surface area (TPSA) is 182 Å². The fraction of sp³-hybridized carbons (Fsp3) is 0.440. The van der Waals surface area contributed by atoms with Gasteiger partial charge in [-0.25, -0.2) is 4.57 Å². The predicted octanol–water partition coefficient (Wildman–Crippen LogP) is 0.864. The molecule has 1 heterocycles. The molecule has 214 valence electrons. The molecule has 14 heteroatoms. The van der Waals surface area contributed by atoms with Crippen LogP contribution in [0, 0.1) is 0 Å². The summed E-state index contributed by atoms with van der Waals surface area (Å²) in [5.74, 6) is -0.677. The molecular weight excluding hydrogens is 535 g/mol. The summed E-state index contributed by atoms with van der Waals surface area (Å²) in [5.41, 5.74) is 0.755. The lowest BCUT2D eigenvalue weighted by Gasteiger charge is -2.40. The Hall–Kier alpha value is -3.03. The summed E-state index contributed by atoms with van der Waals surface area (Å²) in [5, 5.41) is 35.8. The van der Waals surface area contributed by atoms with Crippen molar-refractivity contribution in [1.82, 2.24) is 10.4 Å². The fourth-order valence-electron chi connectivity index (χ4n) is 3.65. The Bertz CT molecular complexity index is 1130. The summed E-state index contributed by atoms with van der Waals surface area (Å²) < 4.78 is 40.5. The molecule has 1 saturated heterocycles. The molecule has 3 rings (SSSR count). The number of rotatable bonds is 12. The minimum absolute atomic E-state index is 0.0104. The summed E-state index contributed by atoms with van der Waals surface area (Å²) >= 11 is 0. The number of carbonyl (C=O) groups excluding carboxylic acids is 2. The number of hydrogen-bond acceptors (Lipinski definition) is 11. The second-order valence-electron chi connectivity index (χ2n) is 8.78. The van der Waals surface area contributed by atoms with Crippen molar-refractivity contribution in [3.63, 3.8) is 0 Å². The minimum atomic E-state index is -4.36. The molecule has 2 unspecified atom stereocenters. The average molecular weight is 569 g/mol. The Morgan fingerprint density at radius 1 is 1.03 bits per heavy atom. The molecule has 2 aromatic rings. The van der Waals surface area contributed by atoms with E-state index in [0.29, 0.717) is 5.75 Å². The highest BCUT2D eigenvalue weighted by molar-refractivity contribution is 7.52. The maximum Gasteiger partial charge on any atom is 0.459 e. The van der Waals surface area contributed by atoms with Crippen LogP contribution in [0.5, 0.6) is 11.5 Å². The second-order valence-corrected chi connectivity index (χ2v) is 10.5. The molecule has 1 fully saturated rings. The van der Waals surface area contributed by atoms with Gasteiger partial charge in [-0.1, -0.05) is 30.3 Å². The lowest BCUT2D eigenvalue weighted by Crippen LogP contribution is -2.64. The summed E-state index contributed by atoms with van der Waals surface area (Å²) in [6.45, 7) is 1.93. The summed E-state index contributed by atoms with van der Waals surface area (Å²) in [4.78, 5) is 23.9. The van der Waals surface area contributed by atoms with Gasteiger partial charge in [0.1, 0.15) is 48.5 Å². The van der Waals surface area contributed by atoms with Crippen molar-refractivity contribution in [2.75, 3.05) is 13.7 Å². The molecular formula is C25H33N2O11P. The third-order valence-electron chi connectivity index (χ3n) is 5.71. The third-order valence-corrected chi connectivity index (χ3v) is 7.36. The van der Waals surface area contributed by atoms with Crippen molar-refractivity contribution in [3.05, 3.63) is 60.2 Å². The van der Waals surface area contributed by atoms with E-state index in [1.165, 1.54) is 33.1 Å². The molecule has 1 aliphatic rings.